The third-order valence-corrected chi connectivity index (χ3v) is 4.35. The Morgan fingerprint density at radius 1 is 1.14 bits per heavy atom. The van der Waals surface area contributed by atoms with Crippen LogP contribution in [-0.4, -0.2) is 22.3 Å². The monoisotopic (exact) mass is 397 g/mol. The molecular formula is C21H20ClN3O3. The molecule has 1 N–H and O–H groups in total. The number of nitrogens with one attached hydrogen (secondary N) is 1. The first-order valence-corrected chi connectivity index (χ1v) is 9.23. The molecule has 0 radical (unpaired) electrons. The molecule has 0 aliphatic heterocycles. The number of hydrogen-bond acceptors (Lipinski definition) is 4. The average Bonchev–Trinajstić information content (AvgIpc) is 2.70. The van der Waals surface area contributed by atoms with E-state index < -0.39 is 0 Å². The Morgan fingerprint density at radius 3 is 2.68 bits per heavy atom. The molecule has 3 rings (SSSR count). The van der Waals surface area contributed by atoms with Gasteiger partial charge in [0.1, 0.15) is 18.1 Å². The van der Waals surface area contributed by atoms with Crippen LogP contribution in [0.15, 0.2) is 71.5 Å². The SMILES string of the molecule is C[C@H](NC(=O)c1ccc(=O)n(CCOc2ccccc2)n1)c1cccc(Cl)c1. The molecule has 0 bridgehead atoms. The van der Waals surface area contributed by atoms with Gasteiger partial charge in [0.05, 0.1) is 12.6 Å². The van der Waals surface area contributed by atoms with Crippen molar-refractivity contribution in [3.8, 4) is 5.75 Å². The molecule has 7 heteroatoms. The van der Waals surface area contributed by atoms with Crippen LogP contribution in [0.5, 0.6) is 5.75 Å². The van der Waals surface area contributed by atoms with Crippen LogP contribution in [0, 0.1) is 0 Å². The molecular weight excluding hydrogens is 378 g/mol. The molecule has 0 fully saturated rings. The molecule has 3 aromatic rings. The molecule has 6 nitrogen and oxygen atoms in total. The third kappa shape index (κ3) is 5.20. The van der Waals surface area contributed by atoms with Gasteiger partial charge in [-0.15, -0.1) is 0 Å². The van der Waals surface area contributed by atoms with E-state index >= 15 is 0 Å². The summed E-state index contributed by atoms with van der Waals surface area (Å²) < 4.78 is 6.81. The number of benzene rings is 2. The molecule has 1 amide bonds. The van der Waals surface area contributed by atoms with Crippen LogP contribution in [0.2, 0.25) is 5.02 Å². The van der Waals surface area contributed by atoms with Crippen LogP contribution in [0.25, 0.3) is 0 Å². The van der Waals surface area contributed by atoms with Gasteiger partial charge in [0.2, 0.25) is 0 Å². The van der Waals surface area contributed by atoms with E-state index in [-0.39, 0.29) is 36.4 Å². The first-order chi connectivity index (χ1) is 13.5. The van der Waals surface area contributed by atoms with Crippen LogP contribution >= 0.6 is 11.6 Å². The summed E-state index contributed by atoms with van der Waals surface area (Å²) in [4.78, 5) is 24.5. The predicted octanol–water partition coefficient (Wildman–Crippen LogP) is 3.47. The van der Waals surface area contributed by atoms with Gasteiger partial charge in [-0.2, -0.15) is 5.10 Å². The van der Waals surface area contributed by atoms with E-state index in [1.54, 1.807) is 12.1 Å². The van der Waals surface area contributed by atoms with Gasteiger partial charge < -0.3 is 10.1 Å². The van der Waals surface area contributed by atoms with E-state index in [0.717, 1.165) is 5.56 Å². The molecule has 1 heterocycles. The van der Waals surface area contributed by atoms with E-state index in [2.05, 4.69) is 10.4 Å². The van der Waals surface area contributed by atoms with Gasteiger partial charge in [0, 0.05) is 11.1 Å². The molecule has 0 aliphatic rings. The van der Waals surface area contributed by atoms with Crippen LogP contribution in [0.1, 0.15) is 29.0 Å². The molecule has 0 spiro atoms. The maximum absolute atomic E-state index is 12.5. The second-order valence-corrected chi connectivity index (χ2v) is 6.63. The van der Waals surface area contributed by atoms with Gasteiger partial charge in [-0.3, -0.25) is 9.59 Å². The molecule has 0 aliphatic carbocycles. The number of amides is 1. The van der Waals surface area contributed by atoms with Crippen LogP contribution in [0.4, 0.5) is 0 Å². The highest BCUT2D eigenvalue weighted by atomic mass is 35.5. The largest absolute Gasteiger partial charge is 0.492 e. The van der Waals surface area contributed by atoms with Crippen molar-refractivity contribution in [2.45, 2.75) is 19.5 Å². The highest BCUT2D eigenvalue weighted by Crippen LogP contribution is 2.17. The van der Waals surface area contributed by atoms with Crippen molar-refractivity contribution in [3.63, 3.8) is 0 Å². The smallest absolute Gasteiger partial charge is 0.272 e. The highest BCUT2D eigenvalue weighted by Gasteiger charge is 2.14. The van der Waals surface area contributed by atoms with Crippen molar-refractivity contribution < 1.29 is 9.53 Å². The lowest BCUT2D eigenvalue weighted by Crippen LogP contribution is -2.32. The minimum absolute atomic E-state index is 0.160. The first-order valence-electron chi connectivity index (χ1n) is 8.85. The topological polar surface area (TPSA) is 73.2 Å². The minimum Gasteiger partial charge on any atom is -0.492 e. The van der Waals surface area contributed by atoms with Crippen molar-refractivity contribution in [1.29, 1.82) is 0 Å². The molecule has 2 aromatic carbocycles. The number of rotatable bonds is 7. The fraction of sp³-hybridized carbons (Fsp3) is 0.190. The number of para-hydroxylation sites is 1. The summed E-state index contributed by atoms with van der Waals surface area (Å²) in [5.41, 5.74) is 0.745. The lowest BCUT2D eigenvalue weighted by atomic mass is 10.1. The summed E-state index contributed by atoms with van der Waals surface area (Å²) in [6.45, 7) is 2.35. The van der Waals surface area contributed by atoms with E-state index in [9.17, 15) is 9.59 Å². The van der Waals surface area contributed by atoms with Gasteiger partial charge in [-0.25, -0.2) is 4.68 Å². The van der Waals surface area contributed by atoms with Crippen molar-refractivity contribution in [2.75, 3.05) is 6.61 Å². The summed E-state index contributed by atoms with van der Waals surface area (Å²) in [5.74, 6) is 0.338. The normalized spacial score (nSPS) is 11.6. The Kier molecular flexibility index (Phi) is 6.45. The molecule has 28 heavy (non-hydrogen) atoms. The zero-order chi connectivity index (χ0) is 19.9. The zero-order valence-corrected chi connectivity index (χ0v) is 16.1. The standard InChI is InChI=1S/C21H20ClN3O3/c1-15(16-6-5-7-17(22)14-16)23-21(27)19-10-11-20(26)25(24-19)12-13-28-18-8-3-2-4-9-18/h2-11,14-15H,12-13H2,1H3,(H,23,27)/t15-/m0/s1. The summed E-state index contributed by atoms with van der Waals surface area (Å²) in [6, 6.07) is 19.0. The Hall–Kier alpha value is -3.12. The number of halogens is 1. The Balaban J connectivity index is 1.64. The number of aromatic nitrogens is 2. The maximum Gasteiger partial charge on any atom is 0.272 e. The van der Waals surface area contributed by atoms with Crippen molar-refractivity contribution in [1.82, 2.24) is 15.1 Å². The average molecular weight is 398 g/mol. The quantitative estimate of drug-likeness (QED) is 0.662. The van der Waals surface area contributed by atoms with Crippen LogP contribution in [-0.2, 0) is 6.54 Å². The number of hydrogen-bond donors (Lipinski definition) is 1. The van der Waals surface area contributed by atoms with Crippen molar-refractivity contribution in [3.05, 3.63) is 93.4 Å². The Labute approximate surface area is 167 Å². The van der Waals surface area contributed by atoms with Crippen LogP contribution < -0.4 is 15.6 Å². The van der Waals surface area contributed by atoms with Crippen molar-refractivity contribution in [2.24, 2.45) is 0 Å². The lowest BCUT2D eigenvalue weighted by molar-refractivity contribution is 0.0931. The summed E-state index contributed by atoms with van der Waals surface area (Å²) >= 11 is 6.00. The van der Waals surface area contributed by atoms with Gasteiger partial charge in [-0.05, 0) is 42.8 Å². The maximum atomic E-state index is 12.5. The zero-order valence-electron chi connectivity index (χ0n) is 15.3. The number of nitrogens with zero attached hydrogens (tertiary/aromatic N) is 2. The molecule has 1 aromatic heterocycles. The second-order valence-electron chi connectivity index (χ2n) is 6.19. The Bertz CT molecular complexity index is 1010. The van der Waals surface area contributed by atoms with E-state index in [4.69, 9.17) is 16.3 Å². The fourth-order valence-corrected chi connectivity index (χ4v) is 2.83. The molecule has 0 saturated heterocycles. The second kappa shape index (κ2) is 9.19. The molecule has 0 saturated carbocycles. The van der Waals surface area contributed by atoms with Crippen molar-refractivity contribution >= 4 is 17.5 Å². The predicted molar refractivity (Wildman–Crippen MR) is 108 cm³/mol. The van der Waals surface area contributed by atoms with Gasteiger partial charge in [0.15, 0.2) is 0 Å². The fourth-order valence-electron chi connectivity index (χ4n) is 2.63. The third-order valence-electron chi connectivity index (χ3n) is 4.11. The van der Waals surface area contributed by atoms with Gasteiger partial charge in [-0.1, -0.05) is 41.9 Å². The summed E-state index contributed by atoms with van der Waals surface area (Å²) in [5, 5.41) is 7.62. The number of ether oxygens (including phenoxy) is 1. The molecule has 1 atom stereocenters. The van der Waals surface area contributed by atoms with E-state index in [1.165, 1.54) is 16.8 Å². The minimum atomic E-state index is -0.370. The first kappa shape index (κ1) is 19.6. The Morgan fingerprint density at radius 2 is 1.93 bits per heavy atom. The van der Waals surface area contributed by atoms with E-state index in [0.29, 0.717) is 10.8 Å². The highest BCUT2D eigenvalue weighted by molar-refractivity contribution is 6.30. The molecule has 144 valence electrons. The summed E-state index contributed by atoms with van der Waals surface area (Å²) in [7, 11) is 0. The van der Waals surface area contributed by atoms with E-state index in [1.807, 2.05) is 49.4 Å². The summed E-state index contributed by atoms with van der Waals surface area (Å²) in [6.07, 6.45) is 0. The number of carbonyl (C=O) groups is 1. The van der Waals surface area contributed by atoms with Crippen LogP contribution in [0.3, 0.4) is 0 Å². The molecule has 0 unspecified atom stereocenters. The van der Waals surface area contributed by atoms with Gasteiger partial charge in [0.25, 0.3) is 11.5 Å². The lowest BCUT2D eigenvalue weighted by Gasteiger charge is -2.15. The van der Waals surface area contributed by atoms with Gasteiger partial charge >= 0.3 is 0 Å². The number of carbonyl (C=O) groups excluding carboxylic acids is 1.